The van der Waals surface area contributed by atoms with E-state index in [0.717, 1.165) is 19.4 Å². The van der Waals surface area contributed by atoms with Crippen LogP contribution in [-0.2, 0) is 11.3 Å². The van der Waals surface area contributed by atoms with Gasteiger partial charge in [-0.2, -0.15) is 0 Å². The van der Waals surface area contributed by atoms with Gasteiger partial charge in [-0.1, -0.05) is 0 Å². The van der Waals surface area contributed by atoms with E-state index in [1.807, 2.05) is 0 Å². The van der Waals surface area contributed by atoms with E-state index in [-0.39, 0.29) is 5.97 Å². The Balaban J connectivity index is 2.05. The lowest BCUT2D eigenvalue weighted by Crippen LogP contribution is -2.35. The molecule has 1 aliphatic rings. The van der Waals surface area contributed by atoms with Crippen molar-refractivity contribution in [3.8, 4) is 0 Å². The van der Waals surface area contributed by atoms with Gasteiger partial charge >= 0.3 is 5.97 Å². The van der Waals surface area contributed by atoms with Crippen molar-refractivity contribution in [1.29, 1.82) is 0 Å². The Morgan fingerprint density at radius 3 is 3.22 bits per heavy atom. The first-order chi connectivity index (χ1) is 8.76. The Bertz CT molecular complexity index is 403. The molecule has 5 nitrogen and oxygen atoms in total. The molecule has 100 valence electrons. The number of likely N-dealkylation sites (tertiary alicyclic amines) is 1. The fourth-order valence-corrected chi connectivity index (χ4v) is 2.41. The lowest BCUT2D eigenvalue weighted by molar-refractivity contribution is 0.0521. The monoisotopic (exact) mass is 252 g/mol. The highest BCUT2D eigenvalue weighted by molar-refractivity contribution is 5.90. The topological polar surface area (TPSA) is 68.7 Å². The van der Waals surface area contributed by atoms with Crippen molar-refractivity contribution in [3.05, 3.63) is 23.7 Å². The van der Waals surface area contributed by atoms with Gasteiger partial charge in [0.15, 0.2) is 0 Å². The van der Waals surface area contributed by atoms with Gasteiger partial charge in [0.05, 0.1) is 19.4 Å². The number of ether oxygens (including phenoxy) is 1. The van der Waals surface area contributed by atoms with E-state index < -0.39 is 0 Å². The summed E-state index contributed by atoms with van der Waals surface area (Å²) >= 11 is 0. The third-order valence-corrected chi connectivity index (χ3v) is 3.36. The second-order valence-electron chi connectivity index (χ2n) is 4.48. The van der Waals surface area contributed by atoms with Crippen molar-refractivity contribution < 1.29 is 13.9 Å². The molecule has 0 aromatic carbocycles. The van der Waals surface area contributed by atoms with Gasteiger partial charge in [0.2, 0.25) is 0 Å². The van der Waals surface area contributed by atoms with Gasteiger partial charge in [0.25, 0.3) is 0 Å². The number of hydrogen-bond acceptors (Lipinski definition) is 5. The normalized spacial score (nSPS) is 20.2. The van der Waals surface area contributed by atoms with Crippen LogP contribution in [0.15, 0.2) is 16.7 Å². The van der Waals surface area contributed by atoms with Crippen LogP contribution in [0.3, 0.4) is 0 Å². The van der Waals surface area contributed by atoms with E-state index in [4.69, 9.17) is 14.9 Å². The number of furan rings is 1. The van der Waals surface area contributed by atoms with Gasteiger partial charge in [-0.15, -0.1) is 0 Å². The van der Waals surface area contributed by atoms with Gasteiger partial charge in [0, 0.05) is 12.6 Å². The highest BCUT2D eigenvalue weighted by atomic mass is 16.5. The molecular weight excluding hydrogens is 232 g/mol. The van der Waals surface area contributed by atoms with Crippen LogP contribution in [-0.4, -0.2) is 36.6 Å². The lowest BCUT2D eigenvalue weighted by atomic mass is 10.2. The van der Waals surface area contributed by atoms with Crippen LogP contribution in [0.2, 0.25) is 0 Å². The molecule has 0 radical (unpaired) electrons. The summed E-state index contributed by atoms with van der Waals surface area (Å²) in [7, 11) is 0. The highest BCUT2D eigenvalue weighted by Gasteiger charge is 2.26. The fourth-order valence-electron chi connectivity index (χ4n) is 2.41. The van der Waals surface area contributed by atoms with E-state index in [0.29, 0.717) is 37.1 Å². The minimum atomic E-state index is -0.315. The maximum absolute atomic E-state index is 11.7. The quantitative estimate of drug-likeness (QED) is 0.802. The molecule has 1 atom stereocenters. The van der Waals surface area contributed by atoms with Crippen LogP contribution in [0.1, 0.15) is 35.9 Å². The Morgan fingerprint density at radius 2 is 2.50 bits per heavy atom. The third kappa shape index (κ3) is 2.73. The van der Waals surface area contributed by atoms with Crippen molar-refractivity contribution in [1.82, 2.24) is 4.90 Å². The third-order valence-electron chi connectivity index (χ3n) is 3.36. The minimum Gasteiger partial charge on any atom is -0.467 e. The van der Waals surface area contributed by atoms with Gasteiger partial charge in [-0.25, -0.2) is 4.79 Å². The lowest BCUT2D eigenvalue weighted by Gasteiger charge is -2.22. The molecule has 2 heterocycles. The number of carbonyl (C=O) groups excluding carboxylic acids is 1. The van der Waals surface area contributed by atoms with Crippen LogP contribution in [0.25, 0.3) is 0 Å². The molecule has 0 saturated carbocycles. The van der Waals surface area contributed by atoms with Crippen molar-refractivity contribution in [2.75, 3.05) is 19.7 Å². The highest BCUT2D eigenvalue weighted by Crippen LogP contribution is 2.22. The summed E-state index contributed by atoms with van der Waals surface area (Å²) < 4.78 is 10.4. The first-order valence-electron chi connectivity index (χ1n) is 6.43. The molecule has 5 heteroatoms. The standard InChI is InChI=1S/C13H20N2O3/c1-2-17-13(16)11-5-7-18-12(11)9-15-6-3-4-10(15)8-14/h5,7,10H,2-4,6,8-9,14H2,1H3. The molecule has 2 N–H and O–H groups in total. The van der Waals surface area contributed by atoms with E-state index >= 15 is 0 Å². The molecule has 2 rings (SSSR count). The van der Waals surface area contributed by atoms with E-state index in [2.05, 4.69) is 4.90 Å². The number of nitrogens with two attached hydrogens (primary N) is 1. The Morgan fingerprint density at radius 1 is 1.67 bits per heavy atom. The van der Waals surface area contributed by atoms with E-state index in [9.17, 15) is 4.79 Å². The summed E-state index contributed by atoms with van der Waals surface area (Å²) in [5, 5.41) is 0. The average Bonchev–Trinajstić information content (AvgIpc) is 2.98. The predicted molar refractivity (Wildman–Crippen MR) is 67.2 cm³/mol. The van der Waals surface area contributed by atoms with Crippen molar-refractivity contribution in [2.24, 2.45) is 5.73 Å². The summed E-state index contributed by atoms with van der Waals surface area (Å²) in [6.07, 6.45) is 3.80. The SMILES string of the molecule is CCOC(=O)c1ccoc1CN1CCCC1CN. The first-order valence-corrected chi connectivity index (χ1v) is 6.43. The molecule has 1 saturated heterocycles. The predicted octanol–water partition coefficient (Wildman–Crippen LogP) is 1.38. The van der Waals surface area contributed by atoms with Crippen molar-refractivity contribution in [3.63, 3.8) is 0 Å². The molecular formula is C13H20N2O3. The Hall–Kier alpha value is -1.33. The Kier molecular flexibility index (Phi) is 4.38. The second kappa shape index (κ2) is 6.02. The van der Waals surface area contributed by atoms with Gasteiger partial charge < -0.3 is 14.9 Å². The zero-order valence-corrected chi connectivity index (χ0v) is 10.7. The van der Waals surface area contributed by atoms with Crippen molar-refractivity contribution >= 4 is 5.97 Å². The number of esters is 1. The maximum atomic E-state index is 11.7. The molecule has 18 heavy (non-hydrogen) atoms. The molecule has 0 spiro atoms. The molecule has 1 fully saturated rings. The van der Waals surface area contributed by atoms with E-state index in [1.54, 1.807) is 13.0 Å². The number of carbonyl (C=O) groups is 1. The summed E-state index contributed by atoms with van der Waals surface area (Å²) in [6, 6.07) is 2.06. The largest absolute Gasteiger partial charge is 0.467 e. The molecule has 1 aliphatic heterocycles. The summed E-state index contributed by atoms with van der Waals surface area (Å²) in [4.78, 5) is 14.0. The molecule has 1 aromatic rings. The fraction of sp³-hybridized carbons (Fsp3) is 0.615. The molecule has 1 unspecified atom stereocenters. The van der Waals surface area contributed by atoms with Crippen LogP contribution >= 0.6 is 0 Å². The van der Waals surface area contributed by atoms with Gasteiger partial charge in [-0.05, 0) is 32.4 Å². The first kappa shape index (κ1) is 13.1. The average molecular weight is 252 g/mol. The van der Waals surface area contributed by atoms with Gasteiger partial charge in [0.1, 0.15) is 11.3 Å². The van der Waals surface area contributed by atoms with Crippen LogP contribution < -0.4 is 5.73 Å². The number of hydrogen-bond donors (Lipinski definition) is 1. The second-order valence-corrected chi connectivity index (χ2v) is 4.48. The smallest absolute Gasteiger partial charge is 0.341 e. The zero-order valence-electron chi connectivity index (χ0n) is 10.7. The van der Waals surface area contributed by atoms with Crippen LogP contribution in [0, 0.1) is 0 Å². The molecule has 0 bridgehead atoms. The molecule has 0 aliphatic carbocycles. The van der Waals surface area contributed by atoms with Crippen LogP contribution in [0.5, 0.6) is 0 Å². The summed E-state index contributed by atoms with van der Waals surface area (Å²) in [5.41, 5.74) is 6.26. The summed E-state index contributed by atoms with van der Waals surface area (Å²) in [5.74, 6) is 0.360. The van der Waals surface area contributed by atoms with E-state index in [1.165, 1.54) is 6.26 Å². The van der Waals surface area contributed by atoms with Crippen LogP contribution in [0.4, 0.5) is 0 Å². The minimum absolute atomic E-state index is 0.315. The number of nitrogens with zero attached hydrogens (tertiary/aromatic N) is 1. The van der Waals surface area contributed by atoms with Crippen molar-refractivity contribution in [2.45, 2.75) is 32.4 Å². The molecule has 1 aromatic heterocycles. The number of rotatable bonds is 5. The Labute approximate surface area is 107 Å². The zero-order chi connectivity index (χ0) is 13.0. The maximum Gasteiger partial charge on any atom is 0.341 e. The van der Waals surface area contributed by atoms with Gasteiger partial charge in [-0.3, -0.25) is 4.90 Å². The molecule has 0 amide bonds. The summed E-state index contributed by atoms with van der Waals surface area (Å²) in [6.45, 7) is 4.45.